The first-order valence-electron chi connectivity index (χ1n) is 9.47. The van der Waals surface area contributed by atoms with Gasteiger partial charge in [0, 0.05) is 6.42 Å². The minimum atomic E-state index is -0.341. The van der Waals surface area contributed by atoms with Crippen LogP contribution in [0.5, 0.6) is 0 Å². The molecule has 0 aliphatic heterocycles. The fourth-order valence-electron chi connectivity index (χ4n) is 6.89. The Morgan fingerprint density at radius 1 is 1.17 bits per heavy atom. The van der Waals surface area contributed by atoms with E-state index in [1.807, 2.05) is 6.08 Å². The van der Waals surface area contributed by atoms with Gasteiger partial charge in [0.2, 0.25) is 0 Å². The highest BCUT2D eigenvalue weighted by molar-refractivity contribution is 5.91. The van der Waals surface area contributed by atoms with Gasteiger partial charge in [-0.05, 0) is 79.3 Å². The first-order valence-corrected chi connectivity index (χ1v) is 9.47. The average molecular weight is 328 g/mol. The molecule has 3 saturated carbocycles. The van der Waals surface area contributed by atoms with E-state index in [2.05, 4.69) is 13.8 Å². The van der Waals surface area contributed by atoms with Crippen LogP contribution in [0.3, 0.4) is 0 Å². The standard InChI is InChI=1S/C21H28O3/c1-20-9-7-15(23)11-14(20)3-5-16-17-6-4-13(8-10-22)21(17,2)12-18(24)19(16)20/h8,10-11,16-19,24H,3-7,9,12H2,1-2H3. The zero-order valence-electron chi connectivity index (χ0n) is 14.8. The van der Waals surface area contributed by atoms with Crippen LogP contribution in [0.1, 0.15) is 58.8 Å². The SMILES string of the molecule is CC12CC(O)C3C(CCC4=CC(=O)CCC43C)C1CCC2=CC=O. The molecule has 0 amide bonds. The summed E-state index contributed by atoms with van der Waals surface area (Å²) in [5.74, 6) is 1.59. The molecule has 130 valence electrons. The molecule has 3 nitrogen and oxygen atoms in total. The predicted octanol–water partition coefficient (Wildman–Crippen LogP) is 3.61. The number of aldehydes is 1. The maximum absolute atomic E-state index is 11.9. The third-order valence-corrected chi connectivity index (χ3v) is 8.01. The zero-order chi connectivity index (χ0) is 17.1. The van der Waals surface area contributed by atoms with Gasteiger partial charge in [-0.15, -0.1) is 0 Å². The highest BCUT2D eigenvalue weighted by atomic mass is 16.3. The van der Waals surface area contributed by atoms with E-state index in [1.54, 1.807) is 6.08 Å². The number of fused-ring (bicyclic) bond motifs is 5. The summed E-state index contributed by atoms with van der Waals surface area (Å²) in [4.78, 5) is 22.9. The molecule has 4 aliphatic carbocycles. The molecule has 0 saturated heterocycles. The van der Waals surface area contributed by atoms with Crippen LogP contribution in [0.15, 0.2) is 23.3 Å². The van der Waals surface area contributed by atoms with Crippen LogP contribution < -0.4 is 0 Å². The van der Waals surface area contributed by atoms with Gasteiger partial charge in [0.15, 0.2) is 5.78 Å². The first kappa shape index (κ1) is 16.3. The van der Waals surface area contributed by atoms with Crippen LogP contribution in [-0.4, -0.2) is 23.3 Å². The van der Waals surface area contributed by atoms with Crippen molar-refractivity contribution in [1.29, 1.82) is 0 Å². The van der Waals surface area contributed by atoms with Crippen LogP contribution >= 0.6 is 0 Å². The van der Waals surface area contributed by atoms with Crippen LogP contribution in [0.25, 0.3) is 0 Å². The highest BCUT2D eigenvalue weighted by Gasteiger charge is 2.60. The monoisotopic (exact) mass is 328 g/mol. The van der Waals surface area contributed by atoms with Gasteiger partial charge in [-0.25, -0.2) is 0 Å². The molecule has 0 radical (unpaired) electrons. The van der Waals surface area contributed by atoms with E-state index in [0.717, 1.165) is 44.8 Å². The Labute approximate surface area is 144 Å². The number of aliphatic hydroxyl groups excluding tert-OH is 1. The topological polar surface area (TPSA) is 54.4 Å². The number of carbonyl (C=O) groups excluding carboxylic acids is 2. The summed E-state index contributed by atoms with van der Waals surface area (Å²) >= 11 is 0. The van der Waals surface area contributed by atoms with Crippen molar-refractivity contribution in [2.45, 2.75) is 64.9 Å². The van der Waals surface area contributed by atoms with Crippen molar-refractivity contribution in [2.75, 3.05) is 0 Å². The van der Waals surface area contributed by atoms with Crippen molar-refractivity contribution < 1.29 is 14.7 Å². The molecular weight excluding hydrogens is 300 g/mol. The summed E-state index contributed by atoms with van der Waals surface area (Å²) in [6.45, 7) is 4.54. The summed E-state index contributed by atoms with van der Waals surface area (Å²) in [6.07, 6.45) is 10.7. The molecule has 4 aliphatic rings. The Hall–Kier alpha value is -1.22. The normalized spacial score (nSPS) is 49.2. The van der Waals surface area contributed by atoms with Gasteiger partial charge < -0.3 is 5.11 Å². The number of ketones is 1. The van der Waals surface area contributed by atoms with Gasteiger partial charge in [-0.1, -0.05) is 25.0 Å². The molecule has 6 unspecified atom stereocenters. The van der Waals surface area contributed by atoms with Crippen LogP contribution in [-0.2, 0) is 9.59 Å². The third-order valence-electron chi connectivity index (χ3n) is 8.01. The third kappa shape index (κ3) is 2.06. The average Bonchev–Trinajstić information content (AvgIpc) is 2.84. The maximum atomic E-state index is 11.9. The summed E-state index contributed by atoms with van der Waals surface area (Å²) in [6, 6.07) is 0. The molecule has 4 rings (SSSR count). The molecule has 0 bridgehead atoms. The van der Waals surface area contributed by atoms with E-state index < -0.39 is 0 Å². The largest absolute Gasteiger partial charge is 0.393 e. The lowest BCUT2D eigenvalue weighted by Gasteiger charge is -2.59. The molecular formula is C21H28O3. The van der Waals surface area contributed by atoms with Crippen LogP contribution in [0.2, 0.25) is 0 Å². The molecule has 6 atom stereocenters. The van der Waals surface area contributed by atoms with Crippen molar-refractivity contribution >= 4 is 12.1 Å². The molecule has 0 aromatic heterocycles. The van der Waals surface area contributed by atoms with E-state index in [0.29, 0.717) is 18.3 Å². The maximum Gasteiger partial charge on any atom is 0.155 e. The first-order chi connectivity index (χ1) is 11.4. The summed E-state index contributed by atoms with van der Waals surface area (Å²) in [7, 11) is 0. The molecule has 0 heterocycles. The second kappa shape index (κ2) is 5.39. The van der Waals surface area contributed by atoms with E-state index in [-0.39, 0.29) is 28.6 Å². The van der Waals surface area contributed by atoms with Crippen molar-refractivity contribution in [1.82, 2.24) is 0 Å². The minimum absolute atomic E-state index is 0.0191. The van der Waals surface area contributed by atoms with Gasteiger partial charge in [-0.3, -0.25) is 9.59 Å². The van der Waals surface area contributed by atoms with Crippen molar-refractivity contribution in [3.63, 3.8) is 0 Å². The van der Waals surface area contributed by atoms with E-state index >= 15 is 0 Å². The Bertz CT molecular complexity index is 645. The second-order valence-corrected chi connectivity index (χ2v) is 8.94. The predicted molar refractivity (Wildman–Crippen MR) is 92.2 cm³/mol. The van der Waals surface area contributed by atoms with Crippen molar-refractivity contribution in [3.8, 4) is 0 Å². The molecule has 0 aromatic rings. The molecule has 0 aromatic carbocycles. The highest BCUT2D eigenvalue weighted by Crippen LogP contribution is 2.66. The van der Waals surface area contributed by atoms with Gasteiger partial charge in [0.1, 0.15) is 6.29 Å². The molecule has 1 N–H and O–H groups in total. The Morgan fingerprint density at radius 2 is 1.96 bits per heavy atom. The lowest BCUT2D eigenvalue weighted by atomic mass is 9.46. The fourth-order valence-corrected chi connectivity index (χ4v) is 6.89. The second-order valence-electron chi connectivity index (χ2n) is 8.94. The number of aliphatic hydroxyl groups is 1. The number of hydrogen-bond acceptors (Lipinski definition) is 3. The van der Waals surface area contributed by atoms with Crippen LogP contribution in [0, 0.1) is 28.6 Å². The van der Waals surface area contributed by atoms with Gasteiger partial charge in [0.05, 0.1) is 6.10 Å². The quantitative estimate of drug-likeness (QED) is 0.591. The number of rotatable bonds is 1. The minimum Gasteiger partial charge on any atom is -0.393 e. The number of hydrogen-bond donors (Lipinski definition) is 1. The number of allylic oxidation sites excluding steroid dienone is 3. The Kier molecular flexibility index (Phi) is 3.65. The van der Waals surface area contributed by atoms with Gasteiger partial charge >= 0.3 is 0 Å². The van der Waals surface area contributed by atoms with Crippen molar-refractivity contribution in [3.05, 3.63) is 23.3 Å². The zero-order valence-corrected chi connectivity index (χ0v) is 14.8. The summed E-state index contributed by atoms with van der Waals surface area (Å²) in [5, 5.41) is 11.1. The van der Waals surface area contributed by atoms with E-state index in [4.69, 9.17) is 0 Å². The molecule has 0 spiro atoms. The lowest BCUT2D eigenvalue weighted by Crippen LogP contribution is -2.55. The smallest absolute Gasteiger partial charge is 0.155 e. The fraction of sp³-hybridized carbons (Fsp3) is 0.714. The number of carbonyl (C=O) groups is 2. The van der Waals surface area contributed by atoms with E-state index in [1.165, 1.54) is 11.1 Å². The van der Waals surface area contributed by atoms with Gasteiger partial charge in [0.25, 0.3) is 0 Å². The van der Waals surface area contributed by atoms with Crippen LogP contribution in [0.4, 0.5) is 0 Å². The molecule has 3 fully saturated rings. The van der Waals surface area contributed by atoms with Gasteiger partial charge in [-0.2, -0.15) is 0 Å². The van der Waals surface area contributed by atoms with Crippen molar-refractivity contribution in [2.24, 2.45) is 28.6 Å². The molecule has 24 heavy (non-hydrogen) atoms. The Balaban J connectivity index is 1.74. The lowest BCUT2D eigenvalue weighted by molar-refractivity contribution is -0.124. The summed E-state index contributed by atoms with van der Waals surface area (Å²) < 4.78 is 0. The summed E-state index contributed by atoms with van der Waals surface area (Å²) in [5.41, 5.74) is 2.48. The Morgan fingerprint density at radius 3 is 2.71 bits per heavy atom. The molecule has 3 heteroatoms. The van der Waals surface area contributed by atoms with E-state index in [9.17, 15) is 14.7 Å².